The second-order valence-electron chi connectivity index (χ2n) is 8.05. The molecule has 0 saturated carbocycles. The first-order valence-corrected chi connectivity index (χ1v) is 10.9. The third kappa shape index (κ3) is 3.80. The summed E-state index contributed by atoms with van der Waals surface area (Å²) in [7, 11) is 2.79. The van der Waals surface area contributed by atoms with E-state index in [1.165, 1.54) is 14.2 Å². The van der Waals surface area contributed by atoms with Crippen LogP contribution >= 0.6 is 0 Å². The van der Waals surface area contributed by atoms with E-state index in [1.54, 1.807) is 0 Å². The van der Waals surface area contributed by atoms with Gasteiger partial charge >= 0.3 is 11.9 Å². The van der Waals surface area contributed by atoms with Gasteiger partial charge in [-0.1, -0.05) is 72.8 Å². The maximum absolute atomic E-state index is 12.4. The molecule has 0 saturated heterocycles. The Bertz CT molecular complexity index is 1430. The molecule has 0 N–H and O–H groups in total. The summed E-state index contributed by atoms with van der Waals surface area (Å²) in [5.74, 6) is -0.720. The van der Waals surface area contributed by atoms with Gasteiger partial charge in [-0.15, -0.1) is 0 Å². The van der Waals surface area contributed by atoms with Gasteiger partial charge in [-0.25, -0.2) is 9.59 Å². The summed E-state index contributed by atoms with van der Waals surface area (Å²) in [6.45, 7) is 0. The molecule has 0 spiro atoms. The van der Waals surface area contributed by atoms with Gasteiger partial charge in [0.15, 0.2) is 0 Å². The summed E-state index contributed by atoms with van der Waals surface area (Å²) in [6.07, 6.45) is 0. The number of hydrogen-bond acceptors (Lipinski definition) is 4. The number of carbonyl (C=O) groups is 2. The van der Waals surface area contributed by atoms with Crippen LogP contribution in [0.15, 0.2) is 97.1 Å². The Morgan fingerprint density at radius 2 is 0.882 bits per heavy atom. The standard InChI is InChI=1S/C30H22O4/c1-33-29(31)27-17-23(15-21-7-3-5-9-25(21)27)19-11-13-20(14-12-19)24-16-22-8-4-6-10-26(22)28(18-24)30(32)34-2/h3-18H,1-2H3. The highest BCUT2D eigenvalue weighted by molar-refractivity contribution is 6.07. The van der Waals surface area contributed by atoms with E-state index in [0.717, 1.165) is 43.8 Å². The summed E-state index contributed by atoms with van der Waals surface area (Å²) in [4.78, 5) is 24.8. The van der Waals surface area contributed by atoms with Gasteiger partial charge in [0.25, 0.3) is 0 Å². The maximum Gasteiger partial charge on any atom is 0.338 e. The highest BCUT2D eigenvalue weighted by Gasteiger charge is 2.15. The van der Waals surface area contributed by atoms with Gasteiger partial charge in [0.2, 0.25) is 0 Å². The number of benzene rings is 5. The topological polar surface area (TPSA) is 52.6 Å². The SMILES string of the molecule is COC(=O)c1cc(-c2ccc(-c3cc(C(=O)OC)c4ccccc4c3)cc2)cc2ccccc12. The van der Waals surface area contributed by atoms with Crippen LogP contribution in [0.2, 0.25) is 0 Å². The van der Waals surface area contributed by atoms with Gasteiger partial charge < -0.3 is 9.47 Å². The molecular weight excluding hydrogens is 424 g/mol. The van der Waals surface area contributed by atoms with Crippen molar-refractivity contribution in [2.24, 2.45) is 0 Å². The van der Waals surface area contributed by atoms with Crippen LogP contribution in [0.3, 0.4) is 0 Å². The monoisotopic (exact) mass is 446 g/mol. The zero-order valence-corrected chi connectivity index (χ0v) is 18.9. The summed E-state index contributed by atoms with van der Waals surface area (Å²) in [5.41, 5.74) is 4.90. The Morgan fingerprint density at radius 3 is 1.26 bits per heavy atom. The summed E-state index contributed by atoms with van der Waals surface area (Å²) in [6, 6.07) is 31.5. The van der Waals surface area contributed by atoms with E-state index in [2.05, 4.69) is 12.1 Å². The van der Waals surface area contributed by atoms with Gasteiger partial charge in [0.1, 0.15) is 0 Å². The number of fused-ring (bicyclic) bond motifs is 2. The second kappa shape index (κ2) is 8.83. The van der Waals surface area contributed by atoms with Gasteiger partial charge in [0.05, 0.1) is 25.3 Å². The lowest BCUT2D eigenvalue weighted by atomic mass is 9.94. The van der Waals surface area contributed by atoms with Crippen LogP contribution in [0.25, 0.3) is 43.8 Å². The minimum absolute atomic E-state index is 0.360. The molecule has 4 nitrogen and oxygen atoms in total. The van der Waals surface area contributed by atoms with Crippen LogP contribution in [0.5, 0.6) is 0 Å². The molecule has 0 aliphatic carbocycles. The van der Waals surface area contributed by atoms with Crippen LogP contribution in [0.4, 0.5) is 0 Å². The van der Waals surface area contributed by atoms with Gasteiger partial charge in [-0.3, -0.25) is 0 Å². The van der Waals surface area contributed by atoms with Gasteiger partial charge in [0, 0.05) is 0 Å². The number of methoxy groups -OCH3 is 2. The molecule has 5 aromatic carbocycles. The Hall–Kier alpha value is -4.44. The predicted molar refractivity (Wildman–Crippen MR) is 135 cm³/mol. The molecule has 5 aromatic rings. The quantitative estimate of drug-likeness (QED) is 0.282. The van der Waals surface area contributed by atoms with Gasteiger partial charge in [-0.2, -0.15) is 0 Å². The molecule has 166 valence electrons. The number of esters is 2. The van der Waals surface area contributed by atoms with Gasteiger partial charge in [-0.05, 0) is 68.1 Å². The first-order valence-electron chi connectivity index (χ1n) is 10.9. The minimum atomic E-state index is -0.360. The van der Waals surface area contributed by atoms with Crippen molar-refractivity contribution in [2.45, 2.75) is 0 Å². The second-order valence-corrected chi connectivity index (χ2v) is 8.05. The van der Waals surface area contributed by atoms with Crippen molar-refractivity contribution in [2.75, 3.05) is 14.2 Å². The predicted octanol–water partition coefficient (Wildman–Crippen LogP) is 6.90. The lowest BCUT2D eigenvalue weighted by Gasteiger charge is -2.12. The molecule has 0 unspecified atom stereocenters. The van der Waals surface area contributed by atoms with Crippen LogP contribution in [-0.2, 0) is 9.47 Å². The molecule has 0 aromatic heterocycles. The lowest BCUT2D eigenvalue weighted by molar-refractivity contribution is 0.0594. The van der Waals surface area contributed by atoms with Crippen LogP contribution in [0, 0.1) is 0 Å². The van der Waals surface area contributed by atoms with Crippen molar-refractivity contribution in [3.63, 3.8) is 0 Å². The van der Waals surface area contributed by atoms with E-state index in [9.17, 15) is 9.59 Å². The average Bonchev–Trinajstić information content (AvgIpc) is 2.91. The smallest absolute Gasteiger partial charge is 0.338 e. The van der Waals surface area contributed by atoms with Crippen molar-refractivity contribution >= 4 is 33.5 Å². The zero-order valence-electron chi connectivity index (χ0n) is 18.9. The largest absolute Gasteiger partial charge is 0.465 e. The van der Waals surface area contributed by atoms with Crippen molar-refractivity contribution in [3.05, 3.63) is 108 Å². The molecule has 0 heterocycles. The highest BCUT2D eigenvalue weighted by atomic mass is 16.5. The average molecular weight is 447 g/mol. The van der Waals surface area contributed by atoms with Crippen LogP contribution in [0.1, 0.15) is 20.7 Å². The Morgan fingerprint density at radius 1 is 0.500 bits per heavy atom. The Labute approximate surface area is 197 Å². The lowest BCUT2D eigenvalue weighted by Crippen LogP contribution is -2.02. The van der Waals surface area contributed by atoms with E-state index >= 15 is 0 Å². The molecule has 0 bridgehead atoms. The first-order chi connectivity index (χ1) is 16.6. The Balaban J connectivity index is 1.59. The molecule has 0 fully saturated rings. The van der Waals surface area contributed by atoms with E-state index in [1.807, 2.05) is 84.9 Å². The minimum Gasteiger partial charge on any atom is -0.465 e. The molecule has 0 atom stereocenters. The highest BCUT2D eigenvalue weighted by Crippen LogP contribution is 2.32. The van der Waals surface area contributed by atoms with Crippen molar-refractivity contribution in [1.82, 2.24) is 0 Å². The molecule has 0 radical (unpaired) electrons. The normalized spacial score (nSPS) is 10.9. The maximum atomic E-state index is 12.4. The van der Waals surface area contributed by atoms with Crippen LogP contribution < -0.4 is 0 Å². The summed E-state index contributed by atoms with van der Waals surface area (Å²) < 4.78 is 10.0. The van der Waals surface area contributed by atoms with E-state index < -0.39 is 0 Å². The number of hydrogen-bond donors (Lipinski definition) is 0. The fraction of sp³-hybridized carbons (Fsp3) is 0.0667. The number of ether oxygens (including phenoxy) is 2. The fourth-order valence-corrected chi connectivity index (χ4v) is 4.37. The molecule has 0 aliphatic heterocycles. The van der Waals surface area contributed by atoms with Crippen molar-refractivity contribution in [3.8, 4) is 22.3 Å². The third-order valence-corrected chi connectivity index (χ3v) is 6.09. The molecule has 4 heteroatoms. The Kier molecular flexibility index (Phi) is 5.56. The summed E-state index contributed by atoms with van der Waals surface area (Å²) >= 11 is 0. The molecule has 0 amide bonds. The molecular formula is C30H22O4. The zero-order chi connectivity index (χ0) is 23.7. The summed E-state index contributed by atoms with van der Waals surface area (Å²) in [5, 5.41) is 3.67. The third-order valence-electron chi connectivity index (χ3n) is 6.09. The van der Waals surface area contributed by atoms with Crippen molar-refractivity contribution in [1.29, 1.82) is 0 Å². The first kappa shape index (κ1) is 21.4. The number of rotatable bonds is 4. The fourth-order valence-electron chi connectivity index (χ4n) is 4.37. The van der Waals surface area contributed by atoms with E-state index in [4.69, 9.17) is 9.47 Å². The van der Waals surface area contributed by atoms with Crippen LogP contribution in [-0.4, -0.2) is 26.2 Å². The molecule has 0 aliphatic rings. The number of carbonyl (C=O) groups excluding carboxylic acids is 2. The molecule has 34 heavy (non-hydrogen) atoms. The van der Waals surface area contributed by atoms with E-state index in [0.29, 0.717) is 11.1 Å². The van der Waals surface area contributed by atoms with E-state index in [-0.39, 0.29) is 11.9 Å². The van der Waals surface area contributed by atoms with Crippen molar-refractivity contribution < 1.29 is 19.1 Å². The molecule has 5 rings (SSSR count).